The highest BCUT2D eigenvalue weighted by molar-refractivity contribution is 7.50. The Balaban J connectivity index is 2.49. The van der Waals surface area contributed by atoms with Gasteiger partial charge in [-0.1, -0.05) is 38.3 Å². The van der Waals surface area contributed by atoms with Crippen molar-refractivity contribution in [2.75, 3.05) is 11.5 Å². The summed E-state index contributed by atoms with van der Waals surface area (Å²) in [4.78, 5) is 31.3. The molecule has 1 aromatic rings. The van der Waals surface area contributed by atoms with Gasteiger partial charge in [0.15, 0.2) is 0 Å². The zero-order chi connectivity index (χ0) is 17.3. The highest BCUT2D eigenvalue weighted by atomic mass is 31.2. The van der Waals surface area contributed by atoms with Crippen molar-refractivity contribution in [2.45, 2.75) is 51.5 Å². The number of hydrogen-bond donors (Lipinski definition) is 3. The summed E-state index contributed by atoms with van der Waals surface area (Å²) >= 11 is 0. The number of amides is 1. The molecule has 0 bridgehead atoms. The Hall–Kier alpha value is -1.20. The van der Waals surface area contributed by atoms with Gasteiger partial charge in [0.2, 0.25) is 5.91 Å². The van der Waals surface area contributed by atoms with Crippen molar-refractivity contribution in [3.63, 3.8) is 0 Å². The van der Waals surface area contributed by atoms with Gasteiger partial charge in [-0.15, -0.1) is 0 Å². The Labute approximate surface area is 137 Å². The molecule has 0 heterocycles. The van der Waals surface area contributed by atoms with Crippen molar-refractivity contribution < 1.29 is 19.1 Å². The Kier molecular flexibility index (Phi) is 8.48. The van der Waals surface area contributed by atoms with E-state index in [9.17, 15) is 14.3 Å². The summed E-state index contributed by atoms with van der Waals surface area (Å²) in [5.74, 6) is -0.457. The highest BCUT2D eigenvalue weighted by Crippen LogP contribution is 2.29. The van der Waals surface area contributed by atoms with E-state index in [0.717, 1.165) is 18.4 Å². The molecule has 23 heavy (non-hydrogen) atoms. The molecule has 4 N–H and O–H groups in total. The molecule has 0 saturated heterocycles. The maximum atomic E-state index is 11.9. The number of carbonyl (C=O) groups excluding carboxylic acids is 1. The van der Waals surface area contributed by atoms with E-state index in [2.05, 4.69) is 12.2 Å². The van der Waals surface area contributed by atoms with E-state index in [1.54, 1.807) is 6.07 Å². The first-order chi connectivity index (χ1) is 10.8. The Morgan fingerprint density at radius 3 is 2.78 bits per heavy atom. The van der Waals surface area contributed by atoms with Crippen LogP contribution in [0.5, 0.6) is 0 Å². The molecule has 0 radical (unpaired) electrons. The minimum atomic E-state index is -4.38. The minimum Gasteiger partial charge on any atom is -0.779 e. The van der Waals surface area contributed by atoms with Crippen molar-refractivity contribution in [1.29, 1.82) is 0 Å². The molecule has 0 spiro atoms. The van der Waals surface area contributed by atoms with Crippen molar-refractivity contribution in [1.82, 2.24) is 0 Å². The number of carbonyl (C=O) groups is 1. The van der Waals surface area contributed by atoms with Gasteiger partial charge in [-0.05, 0) is 37.0 Å². The van der Waals surface area contributed by atoms with Crippen LogP contribution in [0.25, 0.3) is 0 Å². The summed E-state index contributed by atoms with van der Waals surface area (Å²) in [5.41, 5.74) is 7.43. The van der Waals surface area contributed by atoms with Crippen LogP contribution < -0.4 is 15.9 Å². The fourth-order valence-corrected chi connectivity index (χ4v) is 2.83. The zero-order valence-electron chi connectivity index (χ0n) is 13.5. The van der Waals surface area contributed by atoms with E-state index in [1.807, 2.05) is 18.2 Å². The fourth-order valence-electron chi connectivity index (χ4n) is 2.23. The van der Waals surface area contributed by atoms with Crippen LogP contribution in [-0.2, 0) is 15.8 Å². The summed E-state index contributed by atoms with van der Waals surface area (Å²) in [6.45, 7) is 2.17. The second kappa shape index (κ2) is 9.83. The molecular formula is C16H26N2O4P-. The van der Waals surface area contributed by atoms with Crippen LogP contribution >= 0.6 is 7.60 Å². The molecule has 0 aliphatic carbocycles. The van der Waals surface area contributed by atoms with Gasteiger partial charge in [0.25, 0.3) is 0 Å². The fraction of sp³-hybridized carbons (Fsp3) is 0.562. The van der Waals surface area contributed by atoms with Crippen LogP contribution in [0.1, 0.15) is 44.6 Å². The Morgan fingerprint density at radius 1 is 1.39 bits per heavy atom. The van der Waals surface area contributed by atoms with Gasteiger partial charge < -0.3 is 25.4 Å². The van der Waals surface area contributed by atoms with Gasteiger partial charge >= 0.3 is 0 Å². The van der Waals surface area contributed by atoms with Gasteiger partial charge in [-0.2, -0.15) is 0 Å². The van der Waals surface area contributed by atoms with Crippen molar-refractivity contribution in [3.8, 4) is 0 Å². The molecule has 1 rings (SSSR count). The van der Waals surface area contributed by atoms with Crippen LogP contribution in [0.2, 0.25) is 0 Å². The molecule has 7 heteroatoms. The van der Waals surface area contributed by atoms with Crippen LogP contribution in [-0.4, -0.2) is 23.0 Å². The summed E-state index contributed by atoms with van der Waals surface area (Å²) in [6, 6.07) is 6.58. The lowest BCUT2D eigenvalue weighted by atomic mass is 10.1. The predicted octanol–water partition coefficient (Wildman–Crippen LogP) is 2.01. The molecule has 0 aromatic heterocycles. The lowest BCUT2D eigenvalue weighted by molar-refractivity contribution is -0.193. The quantitative estimate of drug-likeness (QED) is 0.445. The van der Waals surface area contributed by atoms with Crippen LogP contribution in [0, 0.1) is 0 Å². The summed E-state index contributed by atoms with van der Waals surface area (Å²) in [5, 5.41) is 2.68. The van der Waals surface area contributed by atoms with E-state index < -0.39 is 25.7 Å². The number of nitrogens with one attached hydrogen (secondary N) is 1. The number of unbranched alkanes of at least 4 members (excludes halogenated alkanes) is 3. The first-order valence-corrected chi connectivity index (χ1v) is 9.76. The van der Waals surface area contributed by atoms with Crippen LogP contribution in [0.3, 0.4) is 0 Å². The monoisotopic (exact) mass is 341 g/mol. The number of benzene rings is 1. The highest BCUT2D eigenvalue weighted by Gasteiger charge is 2.16. The Morgan fingerprint density at radius 2 is 2.13 bits per heavy atom. The molecule has 0 aliphatic rings. The minimum absolute atomic E-state index is 0.111. The topological polar surface area (TPSA) is 115 Å². The predicted molar refractivity (Wildman–Crippen MR) is 90.2 cm³/mol. The first kappa shape index (κ1) is 19.8. The number of nitrogens with two attached hydrogens (primary N) is 1. The average Bonchev–Trinajstić information content (AvgIpc) is 2.49. The molecular weight excluding hydrogens is 315 g/mol. The van der Waals surface area contributed by atoms with Gasteiger partial charge in [0.05, 0.1) is 6.04 Å². The van der Waals surface area contributed by atoms with Gasteiger partial charge in [-0.25, -0.2) is 0 Å². The van der Waals surface area contributed by atoms with E-state index in [-0.39, 0.29) is 6.42 Å². The van der Waals surface area contributed by atoms with Crippen molar-refractivity contribution in [3.05, 3.63) is 29.8 Å². The van der Waals surface area contributed by atoms with E-state index in [4.69, 9.17) is 10.6 Å². The lowest BCUT2D eigenvalue weighted by Gasteiger charge is -2.18. The average molecular weight is 341 g/mol. The van der Waals surface area contributed by atoms with Gasteiger partial charge in [0.1, 0.15) is 7.60 Å². The number of hydrogen-bond acceptors (Lipinski definition) is 4. The number of aryl methyl sites for hydroxylation is 1. The normalized spacial score (nSPS) is 15.0. The first-order valence-electron chi connectivity index (χ1n) is 8.00. The van der Waals surface area contributed by atoms with Crippen LogP contribution in [0.15, 0.2) is 24.3 Å². The van der Waals surface area contributed by atoms with Crippen LogP contribution in [0.4, 0.5) is 5.69 Å². The van der Waals surface area contributed by atoms with E-state index in [1.165, 1.54) is 19.3 Å². The molecule has 1 aromatic carbocycles. The van der Waals surface area contributed by atoms with Gasteiger partial charge in [0, 0.05) is 11.8 Å². The van der Waals surface area contributed by atoms with Crippen molar-refractivity contribution >= 4 is 19.2 Å². The second-order valence-electron chi connectivity index (χ2n) is 5.76. The number of rotatable bonds is 10. The molecule has 0 aliphatic heterocycles. The van der Waals surface area contributed by atoms with E-state index in [0.29, 0.717) is 5.69 Å². The van der Waals surface area contributed by atoms with E-state index >= 15 is 0 Å². The molecule has 1 amide bonds. The molecule has 0 fully saturated rings. The summed E-state index contributed by atoms with van der Waals surface area (Å²) in [6.07, 6.45) is 5.06. The molecule has 6 nitrogen and oxygen atoms in total. The smallest absolute Gasteiger partial charge is 0.241 e. The van der Waals surface area contributed by atoms with Crippen molar-refractivity contribution in [2.24, 2.45) is 5.73 Å². The maximum absolute atomic E-state index is 11.9. The third-order valence-electron chi connectivity index (χ3n) is 3.57. The maximum Gasteiger partial charge on any atom is 0.241 e. The zero-order valence-corrected chi connectivity index (χ0v) is 14.4. The largest absolute Gasteiger partial charge is 0.779 e. The summed E-state index contributed by atoms with van der Waals surface area (Å²) < 4.78 is 10.7. The standard InChI is InChI=1S/C16H27N2O4P/c1-2-3-4-5-7-13-8-6-9-14(12-13)18-16(19)15(17)10-11-23(20,21)22/h6,8-9,12,15H,2-5,7,10-11,17H2,1H3,(H,18,19)(H2,20,21,22)/p-1/t15-/m1/s1. The third kappa shape index (κ3) is 8.86. The Bertz CT molecular complexity index is 545. The molecule has 2 atom stereocenters. The SMILES string of the molecule is CCCCCCc1cccc(NC(=O)[C@H](N)CCP(=O)([O-])O)c1. The molecule has 130 valence electrons. The third-order valence-corrected chi connectivity index (χ3v) is 4.40. The van der Waals surface area contributed by atoms with Gasteiger partial charge in [-0.3, -0.25) is 4.79 Å². The second-order valence-corrected chi connectivity index (χ2v) is 7.48. The summed E-state index contributed by atoms with van der Waals surface area (Å²) in [7, 11) is -4.38. The lowest BCUT2D eigenvalue weighted by Crippen LogP contribution is -2.36. The molecule has 0 saturated carbocycles. The number of anilines is 1. The molecule has 1 unspecified atom stereocenters.